The van der Waals surface area contributed by atoms with E-state index >= 15 is 0 Å². The first-order chi connectivity index (χ1) is 10.4. The number of non-ortho nitro benzene ring substituents is 1. The van der Waals surface area contributed by atoms with Crippen LogP contribution in [0.15, 0.2) is 29.3 Å². The van der Waals surface area contributed by atoms with Crippen LogP contribution in [0.5, 0.6) is 0 Å². The molecule has 0 aliphatic rings. The van der Waals surface area contributed by atoms with E-state index in [0.717, 1.165) is 0 Å². The lowest BCUT2D eigenvalue weighted by atomic mass is 10.0. The summed E-state index contributed by atoms with van der Waals surface area (Å²) < 4.78 is 0. The minimum Gasteiger partial charge on any atom is -0.394 e. The van der Waals surface area contributed by atoms with Gasteiger partial charge in [-0.2, -0.15) is 0 Å². The molecule has 0 radical (unpaired) electrons. The largest absolute Gasteiger partial charge is 0.394 e. The molecule has 0 bridgehead atoms. The molecule has 0 saturated carbocycles. The third-order valence-electron chi connectivity index (χ3n) is 2.94. The van der Waals surface area contributed by atoms with Crippen molar-refractivity contribution in [3.05, 3.63) is 39.9 Å². The average Bonchev–Trinajstić information content (AvgIpc) is 2.52. The zero-order valence-electron chi connectivity index (χ0n) is 11.6. The number of aliphatic hydroxyl groups is 5. The number of hydrogen-bond acceptors (Lipinski definition) is 8. The van der Waals surface area contributed by atoms with Gasteiger partial charge in [-0.1, -0.05) is 12.1 Å². The second-order valence-electron chi connectivity index (χ2n) is 4.64. The van der Waals surface area contributed by atoms with Crippen LogP contribution in [0.2, 0.25) is 0 Å². The molecule has 4 atom stereocenters. The lowest BCUT2D eigenvalue weighted by molar-refractivity contribution is -0.384. The van der Waals surface area contributed by atoms with E-state index < -0.39 is 35.9 Å². The molecular weight excluding hydrogens is 296 g/mol. The highest BCUT2D eigenvalue weighted by molar-refractivity contribution is 5.80. The van der Waals surface area contributed by atoms with Crippen molar-refractivity contribution in [2.75, 3.05) is 13.2 Å². The third kappa shape index (κ3) is 5.13. The van der Waals surface area contributed by atoms with Crippen molar-refractivity contribution in [1.29, 1.82) is 0 Å². The molecule has 9 heteroatoms. The topological polar surface area (TPSA) is 157 Å². The maximum Gasteiger partial charge on any atom is 0.270 e. The highest BCUT2D eigenvalue weighted by Gasteiger charge is 2.29. The summed E-state index contributed by atoms with van der Waals surface area (Å²) in [6, 6.07) is 5.66. The molecule has 9 nitrogen and oxygen atoms in total. The van der Waals surface area contributed by atoms with Crippen molar-refractivity contribution in [3.63, 3.8) is 0 Å². The van der Waals surface area contributed by atoms with E-state index in [1.54, 1.807) is 6.07 Å². The van der Waals surface area contributed by atoms with Gasteiger partial charge in [-0.3, -0.25) is 15.1 Å². The molecule has 1 rings (SSSR count). The first kappa shape index (κ1) is 18.1. The van der Waals surface area contributed by atoms with Crippen LogP contribution in [0.4, 0.5) is 5.69 Å². The number of rotatable bonds is 8. The third-order valence-corrected chi connectivity index (χ3v) is 2.94. The van der Waals surface area contributed by atoms with E-state index in [1.807, 2.05) is 0 Å². The fourth-order valence-electron chi connectivity index (χ4n) is 1.66. The fraction of sp³-hybridized carbons (Fsp3) is 0.462. The Balaban J connectivity index is 2.61. The molecule has 0 unspecified atom stereocenters. The molecule has 0 aliphatic heterocycles. The van der Waals surface area contributed by atoms with Gasteiger partial charge >= 0.3 is 0 Å². The quantitative estimate of drug-likeness (QED) is 0.221. The summed E-state index contributed by atoms with van der Waals surface area (Å²) in [5.74, 6) is 0. The van der Waals surface area contributed by atoms with Gasteiger partial charge in [0.05, 0.1) is 18.1 Å². The van der Waals surface area contributed by atoms with Crippen molar-refractivity contribution >= 4 is 11.9 Å². The van der Waals surface area contributed by atoms with E-state index in [1.165, 1.54) is 24.4 Å². The van der Waals surface area contributed by atoms with Crippen LogP contribution in [-0.2, 0) is 0 Å². The Bertz CT molecular complexity index is 523. The Morgan fingerprint density at radius 1 is 1.18 bits per heavy atom. The predicted molar refractivity (Wildman–Crippen MR) is 76.7 cm³/mol. The Kier molecular flexibility index (Phi) is 7.02. The number of nitro benzene ring substituents is 1. The molecule has 1 aromatic carbocycles. The number of aliphatic hydroxyl groups excluding tert-OH is 5. The summed E-state index contributed by atoms with van der Waals surface area (Å²) in [6.45, 7) is -1.05. The molecule has 122 valence electrons. The van der Waals surface area contributed by atoms with Crippen LogP contribution >= 0.6 is 0 Å². The molecule has 0 amide bonds. The summed E-state index contributed by atoms with van der Waals surface area (Å²) in [4.78, 5) is 13.9. The van der Waals surface area contributed by atoms with Crippen molar-refractivity contribution in [2.24, 2.45) is 4.99 Å². The minimum absolute atomic E-state index is 0.106. The number of benzene rings is 1. The fourth-order valence-corrected chi connectivity index (χ4v) is 1.66. The Hall–Kier alpha value is -1.91. The molecule has 22 heavy (non-hydrogen) atoms. The molecule has 1 aromatic rings. The Labute approximate surface area is 126 Å². The van der Waals surface area contributed by atoms with Gasteiger partial charge in [0.2, 0.25) is 0 Å². The van der Waals surface area contributed by atoms with Gasteiger partial charge in [0.25, 0.3) is 5.69 Å². The summed E-state index contributed by atoms with van der Waals surface area (Å²) in [6.07, 6.45) is -5.17. The molecule has 5 N–H and O–H groups in total. The maximum atomic E-state index is 10.6. The van der Waals surface area contributed by atoms with Gasteiger partial charge in [-0.25, -0.2) is 0 Å². The zero-order valence-corrected chi connectivity index (χ0v) is 11.6. The van der Waals surface area contributed by atoms with Crippen LogP contribution in [-0.4, -0.2) is 74.2 Å². The van der Waals surface area contributed by atoms with Crippen molar-refractivity contribution in [1.82, 2.24) is 0 Å². The number of nitro groups is 1. The van der Waals surface area contributed by atoms with Crippen LogP contribution in [0.25, 0.3) is 0 Å². The van der Waals surface area contributed by atoms with Gasteiger partial charge in [-0.05, 0) is 5.56 Å². The second-order valence-corrected chi connectivity index (χ2v) is 4.64. The van der Waals surface area contributed by atoms with Gasteiger partial charge in [0.15, 0.2) is 0 Å². The van der Waals surface area contributed by atoms with Gasteiger partial charge in [-0.15, -0.1) is 0 Å². The smallest absolute Gasteiger partial charge is 0.270 e. The van der Waals surface area contributed by atoms with Gasteiger partial charge in [0.1, 0.15) is 24.4 Å². The van der Waals surface area contributed by atoms with Gasteiger partial charge < -0.3 is 25.5 Å². The van der Waals surface area contributed by atoms with Crippen LogP contribution in [0.3, 0.4) is 0 Å². The zero-order chi connectivity index (χ0) is 16.7. The summed E-state index contributed by atoms with van der Waals surface area (Å²) in [5, 5.41) is 57.0. The lowest BCUT2D eigenvalue weighted by Gasteiger charge is -2.24. The molecule has 0 heterocycles. The number of aliphatic imine (C=N–C) groups is 1. The SMILES string of the molecule is O=[N+]([O-])c1cccc(C=NC[C@H](O)[C@@H](O)[C@H](O)[C@H](O)CO)c1. The summed E-state index contributed by atoms with van der Waals surface area (Å²) in [5.41, 5.74) is 0.331. The lowest BCUT2D eigenvalue weighted by Crippen LogP contribution is -2.46. The number of nitrogens with zero attached hydrogens (tertiary/aromatic N) is 2. The van der Waals surface area contributed by atoms with Crippen molar-refractivity contribution in [3.8, 4) is 0 Å². The minimum atomic E-state index is -1.71. The van der Waals surface area contributed by atoms with Crippen molar-refractivity contribution in [2.45, 2.75) is 24.4 Å². The molecule has 0 aliphatic carbocycles. The van der Waals surface area contributed by atoms with E-state index in [4.69, 9.17) is 10.2 Å². The summed E-state index contributed by atoms with van der Waals surface area (Å²) >= 11 is 0. The van der Waals surface area contributed by atoms with Crippen LogP contribution < -0.4 is 0 Å². The molecule has 0 aromatic heterocycles. The molecule has 0 spiro atoms. The standard InChI is InChI=1S/C13H18N2O7/c16-7-11(18)13(20)12(19)10(17)6-14-5-8-2-1-3-9(4-8)15(21)22/h1-5,10-13,16-20H,6-7H2/t10-,11+,12+,13+/m0/s1. The van der Waals surface area contributed by atoms with E-state index in [0.29, 0.717) is 5.56 Å². The van der Waals surface area contributed by atoms with Gasteiger partial charge in [0, 0.05) is 18.3 Å². The maximum absolute atomic E-state index is 10.6. The second kappa shape index (κ2) is 8.51. The first-order valence-corrected chi connectivity index (χ1v) is 6.44. The highest BCUT2D eigenvalue weighted by Crippen LogP contribution is 2.11. The molecule has 0 fully saturated rings. The Morgan fingerprint density at radius 2 is 1.82 bits per heavy atom. The van der Waals surface area contributed by atoms with E-state index in [9.17, 15) is 25.4 Å². The van der Waals surface area contributed by atoms with E-state index in [2.05, 4.69) is 4.99 Å². The first-order valence-electron chi connectivity index (χ1n) is 6.44. The summed E-state index contributed by atoms with van der Waals surface area (Å²) in [7, 11) is 0. The van der Waals surface area contributed by atoms with E-state index in [-0.39, 0.29) is 12.2 Å². The normalized spacial score (nSPS) is 17.1. The molecular formula is C13H18N2O7. The Morgan fingerprint density at radius 3 is 2.41 bits per heavy atom. The van der Waals surface area contributed by atoms with Crippen molar-refractivity contribution < 1.29 is 30.5 Å². The average molecular weight is 314 g/mol. The van der Waals surface area contributed by atoms with Crippen LogP contribution in [0, 0.1) is 10.1 Å². The monoisotopic (exact) mass is 314 g/mol. The highest BCUT2D eigenvalue weighted by atomic mass is 16.6. The molecule has 0 saturated heterocycles. The predicted octanol–water partition coefficient (Wildman–Crippen LogP) is -1.55. The van der Waals surface area contributed by atoms with Crippen LogP contribution in [0.1, 0.15) is 5.56 Å². The number of hydrogen-bond donors (Lipinski definition) is 5.